The van der Waals surface area contributed by atoms with Crippen LogP contribution in [0.15, 0.2) is 0 Å². The maximum absolute atomic E-state index is 5.06. The second kappa shape index (κ2) is 3.82. The van der Waals surface area contributed by atoms with Crippen LogP contribution in [0.1, 0.15) is 19.3 Å². The molecule has 0 aromatic rings. The fourth-order valence-electron chi connectivity index (χ4n) is 0.901. The van der Waals surface area contributed by atoms with Crippen LogP contribution in [0.25, 0.3) is 0 Å². The van der Waals surface area contributed by atoms with Gasteiger partial charge in [0.05, 0.1) is 6.61 Å². The first kappa shape index (κ1) is 6.99. The quantitative estimate of drug-likeness (QED) is 0.518. The molecule has 0 amide bonds. The van der Waals surface area contributed by atoms with Gasteiger partial charge >= 0.3 is 0 Å². The maximum atomic E-state index is 5.06. The first-order valence-electron chi connectivity index (χ1n) is 3.48. The van der Waals surface area contributed by atoms with Crippen molar-refractivity contribution in [1.82, 2.24) is 10.6 Å². The van der Waals surface area contributed by atoms with Crippen molar-refractivity contribution in [1.29, 1.82) is 0 Å². The first-order valence-corrected chi connectivity index (χ1v) is 3.48. The van der Waals surface area contributed by atoms with Crippen molar-refractivity contribution >= 4 is 0 Å². The Bertz CT molecular complexity index is 69.5. The zero-order chi connectivity index (χ0) is 6.53. The molecule has 1 saturated heterocycles. The molecule has 0 bridgehead atoms. The molecule has 0 spiro atoms. The van der Waals surface area contributed by atoms with Crippen LogP contribution >= 0.6 is 0 Å². The molecule has 9 heavy (non-hydrogen) atoms. The Morgan fingerprint density at radius 3 is 3.11 bits per heavy atom. The van der Waals surface area contributed by atoms with Gasteiger partial charge in [0.2, 0.25) is 0 Å². The summed E-state index contributed by atoms with van der Waals surface area (Å²) in [7, 11) is 1.99. The third kappa shape index (κ3) is 2.79. The molecule has 3 heteroatoms. The van der Waals surface area contributed by atoms with E-state index in [0.29, 0.717) is 0 Å². The number of hydrogen-bond acceptors (Lipinski definition) is 3. The summed E-state index contributed by atoms with van der Waals surface area (Å²) in [5, 5.41) is 1.97. The van der Waals surface area contributed by atoms with Gasteiger partial charge in [-0.1, -0.05) is 0 Å². The van der Waals surface area contributed by atoms with Gasteiger partial charge < -0.3 is 0 Å². The van der Waals surface area contributed by atoms with Gasteiger partial charge in [0, 0.05) is 13.6 Å². The number of rotatable bonds is 0. The van der Waals surface area contributed by atoms with Crippen LogP contribution in [-0.4, -0.2) is 25.2 Å². The van der Waals surface area contributed by atoms with Crippen molar-refractivity contribution in [2.75, 3.05) is 20.2 Å². The average Bonchev–Trinajstić information content (AvgIpc) is 1.79. The molecule has 0 unspecified atom stereocenters. The maximum Gasteiger partial charge on any atom is 0.0698 e. The summed E-state index contributed by atoms with van der Waals surface area (Å²) < 4.78 is 0. The first-order chi connectivity index (χ1) is 4.39. The highest BCUT2D eigenvalue weighted by Crippen LogP contribution is 1.98. The molecular weight excluding hydrogens is 116 g/mol. The summed E-state index contributed by atoms with van der Waals surface area (Å²) in [4.78, 5) is 5.06. The Labute approximate surface area is 55.9 Å². The van der Waals surface area contributed by atoms with Crippen LogP contribution in [-0.2, 0) is 4.84 Å². The summed E-state index contributed by atoms with van der Waals surface area (Å²) >= 11 is 0. The fraction of sp³-hybridized carbons (Fsp3) is 1.00. The largest absolute Gasteiger partial charge is 0.287 e. The van der Waals surface area contributed by atoms with E-state index >= 15 is 0 Å². The summed E-state index contributed by atoms with van der Waals surface area (Å²) in [5.74, 6) is 0. The van der Waals surface area contributed by atoms with Crippen molar-refractivity contribution in [2.24, 2.45) is 0 Å². The summed E-state index contributed by atoms with van der Waals surface area (Å²) in [6.45, 7) is 1.92. The Balaban J connectivity index is 2.12. The van der Waals surface area contributed by atoms with Crippen LogP contribution in [0, 0.1) is 0 Å². The molecule has 1 heterocycles. The van der Waals surface area contributed by atoms with Crippen LogP contribution in [0.5, 0.6) is 0 Å². The van der Waals surface area contributed by atoms with Crippen molar-refractivity contribution in [3.8, 4) is 0 Å². The lowest BCUT2D eigenvalue weighted by Gasteiger charge is -2.19. The van der Waals surface area contributed by atoms with Gasteiger partial charge in [-0.25, -0.2) is 5.01 Å². The van der Waals surface area contributed by atoms with Gasteiger partial charge in [-0.15, -0.1) is 5.59 Å². The molecule has 0 saturated carbocycles. The highest BCUT2D eigenvalue weighted by Gasteiger charge is 2.00. The molecule has 1 fully saturated rings. The Morgan fingerprint density at radius 2 is 2.22 bits per heavy atom. The standard InChI is InChI=1S/C6H14N2O/c1-8-5-3-2-4-6-9-7-8/h7H,2-6H2,1H3. The van der Waals surface area contributed by atoms with E-state index in [1.54, 1.807) is 0 Å². The Morgan fingerprint density at radius 1 is 1.33 bits per heavy atom. The third-order valence-corrected chi connectivity index (χ3v) is 1.46. The van der Waals surface area contributed by atoms with Gasteiger partial charge in [-0.3, -0.25) is 4.84 Å². The molecule has 0 aromatic carbocycles. The minimum Gasteiger partial charge on any atom is -0.287 e. The number of hydrogen-bond donors (Lipinski definition) is 1. The highest BCUT2D eigenvalue weighted by molar-refractivity contribution is 4.46. The van der Waals surface area contributed by atoms with E-state index in [1.165, 1.54) is 19.3 Å². The lowest BCUT2D eigenvalue weighted by Crippen LogP contribution is -2.36. The highest BCUT2D eigenvalue weighted by atomic mass is 16.7. The second-order valence-electron chi connectivity index (χ2n) is 2.42. The molecule has 0 aliphatic carbocycles. The fourth-order valence-corrected chi connectivity index (χ4v) is 0.901. The topological polar surface area (TPSA) is 24.5 Å². The molecule has 1 aliphatic rings. The van der Waals surface area contributed by atoms with Crippen molar-refractivity contribution < 1.29 is 4.84 Å². The minimum absolute atomic E-state index is 0.838. The normalized spacial score (nSPS) is 25.0. The molecule has 0 atom stereocenters. The lowest BCUT2D eigenvalue weighted by atomic mass is 10.2. The summed E-state index contributed by atoms with van der Waals surface area (Å²) in [5.41, 5.74) is 2.82. The van der Waals surface area contributed by atoms with Gasteiger partial charge in [0.1, 0.15) is 0 Å². The SMILES string of the molecule is CN1CCCCCON1. The lowest BCUT2D eigenvalue weighted by molar-refractivity contribution is -0.0807. The molecule has 1 aliphatic heterocycles. The summed E-state index contributed by atoms with van der Waals surface area (Å²) in [6.07, 6.45) is 3.74. The monoisotopic (exact) mass is 130 g/mol. The Hall–Kier alpha value is -0.120. The predicted molar refractivity (Wildman–Crippen MR) is 35.6 cm³/mol. The molecule has 1 rings (SSSR count). The van der Waals surface area contributed by atoms with Crippen molar-refractivity contribution in [3.05, 3.63) is 0 Å². The smallest absolute Gasteiger partial charge is 0.0698 e. The van der Waals surface area contributed by atoms with Gasteiger partial charge in [0.25, 0.3) is 0 Å². The minimum atomic E-state index is 0.838. The van der Waals surface area contributed by atoms with E-state index in [0.717, 1.165) is 13.2 Å². The Kier molecular flexibility index (Phi) is 2.97. The van der Waals surface area contributed by atoms with E-state index < -0.39 is 0 Å². The molecule has 1 N–H and O–H groups in total. The van der Waals surface area contributed by atoms with Gasteiger partial charge in [-0.2, -0.15) is 0 Å². The zero-order valence-electron chi connectivity index (χ0n) is 5.89. The molecule has 0 radical (unpaired) electrons. The van der Waals surface area contributed by atoms with E-state index in [9.17, 15) is 0 Å². The van der Waals surface area contributed by atoms with Crippen LogP contribution in [0.2, 0.25) is 0 Å². The van der Waals surface area contributed by atoms with E-state index in [4.69, 9.17) is 4.84 Å². The molecule has 54 valence electrons. The molecule has 3 nitrogen and oxygen atoms in total. The van der Waals surface area contributed by atoms with E-state index in [-0.39, 0.29) is 0 Å². The average molecular weight is 130 g/mol. The number of nitrogens with zero attached hydrogens (tertiary/aromatic N) is 1. The van der Waals surface area contributed by atoms with Crippen LogP contribution in [0.4, 0.5) is 0 Å². The van der Waals surface area contributed by atoms with Crippen molar-refractivity contribution in [2.45, 2.75) is 19.3 Å². The zero-order valence-corrected chi connectivity index (χ0v) is 5.89. The number of nitrogens with one attached hydrogen (secondary N) is 1. The predicted octanol–water partition coefficient (Wildman–Crippen LogP) is 0.538. The second-order valence-corrected chi connectivity index (χ2v) is 2.42. The number of hydrazine groups is 1. The van der Waals surface area contributed by atoms with Crippen molar-refractivity contribution in [3.63, 3.8) is 0 Å². The third-order valence-electron chi connectivity index (χ3n) is 1.46. The van der Waals surface area contributed by atoms with Gasteiger partial charge in [0.15, 0.2) is 0 Å². The molecule has 0 aromatic heterocycles. The van der Waals surface area contributed by atoms with E-state index in [1.807, 2.05) is 12.1 Å². The summed E-state index contributed by atoms with van der Waals surface area (Å²) in [6, 6.07) is 0. The van der Waals surface area contributed by atoms with Crippen LogP contribution < -0.4 is 5.59 Å². The van der Waals surface area contributed by atoms with E-state index in [2.05, 4.69) is 5.59 Å². The molecular formula is C6H14N2O. The van der Waals surface area contributed by atoms with Gasteiger partial charge in [-0.05, 0) is 19.3 Å². The van der Waals surface area contributed by atoms with Crippen LogP contribution in [0.3, 0.4) is 0 Å².